The molecule has 0 bridgehead atoms. The zero-order valence-electron chi connectivity index (χ0n) is 8.78. The first kappa shape index (κ1) is 12.9. The highest BCUT2D eigenvalue weighted by Gasteiger charge is 2.38. The monoisotopic (exact) mass is 232 g/mol. The molecule has 92 valence electrons. The van der Waals surface area contributed by atoms with Crippen molar-refractivity contribution in [2.24, 2.45) is 11.5 Å². The number of aliphatic hydroxyl groups excluding tert-OH is 2. The number of carboxylic acids is 1. The van der Waals surface area contributed by atoms with Crippen LogP contribution in [0, 0.1) is 0 Å². The molecular weight excluding hydrogens is 216 g/mol. The van der Waals surface area contributed by atoms with Gasteiger partial charge in [-0.15, -0.1) is 0 Å². The van der Waals surface area contributed by atoms with Crippen LogP contribution in [0.5, 0.6) is 0 Å². The SMILES string of the molecule is C[C@H](O)[C@H](N)C1OC(C(=O)O)=CC(O)[C@@H]1N. The zero-order valence-corrected chi connectivity index (χ0v) is 8.78. The molecule has 0 saturated heterocycles. The van der Waals surface area contributed by atoms with E-state index in [1.807, 2.05) is 0 Å². The van der Waals surface area contributed by atoms with Gasteiger partial charge in [0.1, 0.15) is 6.10 Å². The molecule has 7 N–H and O–H groups in total. The van der Waals surface area contributed by atoms with Crippen molar-refractivity contribution in [2.45, 2.75) is 37.3 Å². The van der Waals surface area contributed by atoms with Gasteiger partial charge in [0.05, 0.1) is 24.3 Å². The smallest absolute Gasteiger partial charge is 0.370 e. The van der Waals surface area contributed by atoms with Gasteiger partial charge in [-0.05, 0) is 13.0 Å². The molecule has 1 heterocycles. The van der Waals surface area contributed by atoms with Gasteiger partial charge in [0.25, 0.3) is 0 Å². The number of hydrogen-bond acceptors (Lipinski definition) is 6. The van der Waals surface area contributed by atoms with E-state index >= 15 is 0 Å². The summed E-state index contributed by atoms with van der Waals surface area (Å²) in [5.41, 5.74) is 11.2. The normalized spacial score (nSPS) is 33.6. The molecule has 0 aromatic rings. The molecule has 7 nitrogen and oxygen atoms in total. The van der Waals surface area contributed by atoms with E-state index in [1.165, 1.54) is 6.92 Å². The molecule has 1 rings (SSSR count). The van der Waals surface area contributed by atoms with Crippen molar-refractivity contribution >= 4 is 5.97 Å². The number of aliphatic carboxylic acids is 1. The minimum absolute atomic E-state index is 0.407. The summed E-state index contributed by atoms with van der Waals surface area (Å²) in [7, 11) is 0. The lowest BCUT2D eigenvalue weighted by Crippen LogP contribution is -2.59. The molecule has 0 spiro atoms. The standard InChI is InChI=1S/C9H16N2O5/c1-3(12)6(10)8-7(11)4(13)2-5(16-8)9(14)15/h2-4,6-8,12-13H,10-11H2,1H3,(H,14,15)/t3-,4?,6-,7-,8?/m0/s1. The van der Waals surface area contributed by atoms with Crippen molar-refractivity contribution < 1.29 is 24.9 Å². The van der Waals surface area contributed by atoms with Gasteiger partial charge in [-0.1, -0.05) is 0 Å². The molecule has 2 unspecified atom stereocenters. The van der Waals surface area contributed by atoms with E-state index in [0.717, 1.165) is 6.08 Å². The molecule has 0 amide bonds. The third-order valence-corrected chi connectivity index (χ3v) is 2.51. The van der Waals surface area contributed by atoms with Gasteiger partial charge in [0.15, 0.2) is 0 Å². The van der Waals surface area contributed by atoms with Crippen LogP contribution in [0.25, 0.3) is 0 Å². The Morgan fingerprint density at radius 1 is 1.62 bits per heavy atom. The number of carbonyl (C=O) groups is 1. The average molecular weight is 232 g/mol. The molecule has 0 aromatic heterocycles. The van der Waals surface area contributed by atoms with E-state index in [0.29, 0.717) is 0 Å². The molecule has 5 atom stereocenters. The molecule has 0 fully saturated rings. The molecule has 0 aliphatic carbocycles. The zero-order chi connectivity index (χ0) is 12.5. The first-order valence-corrected chi connectivity index (χ1v) is 4.83. The van der Waals surface area contributed by atoms with Crippen LogP contribution in [0.15, 0.2) is 11.8 Å². The summed E-state index contributed by atoms with van der Waals surface area (Å²) in [6, 6.07) is -1.74. The summed E-state index contributed by atoms with van der Waals surface area (Å²) in [4.78, 5) is 10.7. The lowest BCUT2D eigenvalue weighted by atomic mass is 9.94. The molecule has 0 saturated carbocycles. The summed E-state index contributed by atoms with van der Waals surface area (Å²) in [6.45, 7) is 1.44. The maximum Gasteiger partial charge on any atom is 0.370 e. The Bertz CT molecular complexity index is 304. The number of carboxylic acid groups (broad SMARTS) is 1. The van der Waals surface area contributed by atoms with Gasteiger partial charge in [-0.3, -0.25) is 0 Å². The van der Waals surface area contributed by atoms with Crippen LogP contribution in [-0.4, -0.2) is 51.7 Å². The van der Waals surface area contributed by atoms with Crippen LogP contribution in [0.2, 0.25) is 0 Å². The lowest BCUT2D eigenvalue weighted by Gasteiger charge is -2.36. The van der Waals surface area contributed by atoms with Crippen molar-refractivity contribution in [2.75, 3.05) is 0 Å². The van der Waals surface area contributed by atoms with Crippen molar-refractivity contribution in [1.29, 1.82) is 0 Å². The first-order chi connectivity index (χ1) is 7.34. The van der Waals surface area contributed by atoms with Crippen molar-refractivity contribution in [3.8, 4) is 0 Å². The summed E-state index contributed by atoms with van der Waals surface area (Å²) in [5.74, 6) is -1.72. The van der Waals surface area contributed by atoms with Crippen LogP contribution in [0.4, 0.5) is 0 Å². The molecule has 1 aliphatic heterocycles. The first-order valence-electron chi connectivity index (χ1n) is 4.83. The Balaban J connectivity index is 2.89. The second kappa shape index (κ2) is 4.79. The molecule has 0 aromatic carbocycles. The van der Waals surface area contributed by atoms with Gasteiger partial charge in [0, 0.05) is 0 Å². The van der Waals surface area contributed by atoms with E-state index in [1.54, 1.807) is 0 Å². The summed E-state index contributed by atoms with van der Waals surface area (Å²) < 4.78 is 5.05. The summed E-state index contributed by atoms with van der Waals surface area (Å²) in [6.07, 6.45) is -2.00. The second-order valence-corrected chi connectivity index (χ2v) is 3.80. The third kappa shape index (κ3) is 2.50. The molecule has 7 heteroatoms. The van der Waals surface area contributed by atoms with Crippen LogP contribution in [0.1, 0.15) is 6.92 Å². The Kier molecular flexibility index (Phi) is 3.87. The fraction of sp³-hybridized carbons (Fsp3) is 0.667. The maximum atomic E-state index is 10.7. The van der Waals surface area contributed by atoms with Crippen LogP contribution >= 0.6 is 0 Å². The average Bonchev–Trinajstić information content (AvgIpc) is 2.20. The Morgan fingerprint density at radius 3 is 2.62 bits per heavy atom. The van der Waals surface area contributed by atoms with E-state index in [2.05, 4.69) is 0 Å². The van der Waals surface area contributed by atoms with E-state index in [-0.39, 0.29) is 0 Å². The molecular formula is C9H16N2O5. The Morgan fingerprint density at radius 2 is 2.19 bits per heavy atom. The molecule has 16 heavy (non-hydrogen) atoms. The predicted octanol–water partition coefficient (Wildman–Crippen LogP) is -2.25. The molecule has 1 aliphatic rings. The number of aliphatic hydroxyl groups is 2. The number of ether oxygens (including phenoxy) is 1. The highest BCUT2D eigenvalue weighted by molar-refractivity contribution is 5.84. The van der Waals surface area contributed by atoms with Crippen molar-refractivity contribution in [3.05, 3.63) is 11.8 Å². The topological polar surface area (TPSA) is 139 Å². The van der Waals surface area contributed by atoms with Gasteiger partial charge >= 0.3 is 5.97 Å². The van der Waals surface area contributed by atoms with Crippen LogP contribution in [0.3, 0.4) is 0 Å². The third-order valence-electron chi connectivity index (χ3n) is 2.51. The molecule has 0 radical (unpaired) electrons. The van der Waals surface area contributed by atoms with Crippen LogP contribution < -0.4 is 11.5 Å². The van der Waals surface area contributed by atoms with E-state index < -0.39 is 42.1 Å². The number of hydrogen-bond donors (Lipinski definition) is 5. The van der Waals surface area contributed by atoms with Crippen molar-refractivity contribution in [1.82, 2.24) is 0 Å². The minimum atomic E-state index is -1.31. The van der Waals surface area contributed by atoms with Gasteiger partial charge < -0.3 is 31.5 Å². The van der Waals surface area contributed by atoms with Gasteiger partial charge in [-0.25, -0.2) is 4.79 Å². The highest BCUT2D eigenvalue weighted by atomic mass is 16.5. The predicted molar refractivity (Wildman–Crippen MR) is 54.2 cm³/mol. The van der Waals surface area contributed by atoms with E-state index in [4.69, 9.17) is 21.3 Å². The summed E-state index contributed by atoms with van der Waals surface area (Å²) >= 11 is 0. The Labute approximate surface area is 92.3 Å². The van der Waals surface area contributed by atoms with E-state index in [9.17, 15) is 15.0 Å². The Hall–Kier alpha value is -1.15. The fourth-order valence-electron chi connectivity index (χ4n) is 1.46. The van der Waals surface area contributed by atoms with Gasteiger partial charge in [-0.2, -0.15) is 0 Å². The quantitative estimate of drug-likeness (QED) is 0.370. The van der Waals surface area contributed by atoms with Gasteiger partial charge in [0.2, 0.25) is 5.76 Å². The maximum absolute atomic E-state index is 10.7. The lowest BCUT2D eigenvalue weighted by molar-refractivity contribution is -0.140. The highest BCUT2D eigenvalue weighted by Crippen LogP contribution is 2.20. The van der Waals surface area contributed by atoms with Crippen molar-refractivity contribution in [3.63, 3.8) is 0 Å². The number of rotatable bonds is 3. The number of nitrogens with two attached hydrogens (primary N) is 2. The second-order valence-electron chi connectivity index (χ2n) is 3.80. The largest absolute Gasteiger partial charge is 0.480 e. The summed E-state index contributed by atoms with van der Waals surface area (Å²) in [5, 5.41) is 27.5. The van der Waals surface area contributed by atoms with Crippen LogP contribution in [-0.2, 0) is 9.53 Å². The minimum Gasteiger partial charge on any atom is -0.480 e. The fourth-order valence-corrected chi connectivity index (χ4v) is 1.46.